The Morgan fingerprint density at radius 1 is 1.20 bits per heavy atom. The maximum atomic E-state index is 12.2. The molecule has 0 aliphatic heterocycles. The molecule has 0 spiro atoms. The average molecular weight is 333 g/mol. The number of nitrogens with zero attached hydrogens (tertiary/aromatic N) is 1. The highest BCUT2D eigenvalue weighted by molar-refractivity contribution is 9.10. The lowest BCUT2D eigenvalue weighted by Crippen LogP contribution is -2.29. The molecular weight excluding hydrogens is 316 g/mol. The Balaban J connectivity index is 2.02. The van der Waals surface area contributed by atoms with Gasteiger partial charge in [-0.25, -0.2) is 0 Å². The minimum atomic E-state index is 0.0563. The lowest BCUT2D eigenvalue weighted by Gasteiger charge is -2.25. The van der Waals surface area contributed by atoms with Crippen molar-refractivity contribution in [3.05, 3.63) is 68.0 Å². The summed E-state index contributed by atoms with van der Waals surface area (Å²) in [6, 6.07) is 11.7. The number of pyridine rings is 1. The van der Waals surface area contributed by atoms with E-state index in [1.807, 2.05) is 34.9 Å². The van der Waals surface area contributed by atoms with Gasteiger partial charge in [0.25, 0.3) is 5.56 Å². The minimum absolute atomic E-state index is 0.0563. The predicted octanol–water partition coefficient (Wildman–Crippen LogP) is 3.00. The summed E-state index contributed by atoms with van der Waals surface area (Å²) in [6.45, 7) is 0.613. The van der Waals surface area contributed by atoms with Crippen molar-refractivity contribution in [1.29, 1.82) is 0 Å². The van der Waals surface area contributed by atoms with Gasteiger partial charge in [0.2, 0.25) is 0 Å². The Morgan fingerprint density at radius 3 is 2.70 bits per heavy atom. The zero-order valence-electron chi connectivity index (χ0n) is 11.2. The number of halogens is 1. The Bertz CT molecular complexity index is 676. The molecular formula is C16H17BrN2O. The van der Waals surface area contributed by atoms with Crippen molar-refractivity contribution in [2.24, 2.45) is 5.73 Å². The molecule has 1 heterocycles. The Morgan fingerprint density at radius 2 is 1.95 bits per heavy atom. The van der Waals surface area contributed by atoms with Gasteiger partial charge >= 0.3 is 0 Å². The summed E-state index contributed by atoms with van der Waals surface area (Å²) in [5.41, 5.74) is 9.58. The molecule has 4 heteroatoms. The van der Waals surface area contributed by atoms with Crippen LogP contribution in [0.1, 0.15) is 35.7 Å². The van der Waals surface area contributed by atoms with Crippen LogP contribution >= 0.6 is 15.9 Å². The van der Waals surface area contributed by atoms with E-state index in [0.29, 0.717) is 6.54 Å². The average Bonchev–Trinajstić information content (AvgIpc) is 2.44. The highest BCUT2D eigenvalue weighted by Gasteiger charge is 2.20. The second kappa shape index (κ2) is 5.54. The molecule has 0 amide bonds. The normalized spacial score (nSPS) is 17.8. The monoisotopic (exact) mass is 332 g/mol. The van der Waals surface area contributed by atoms with Gasteiger partial charge in [0, 0.05) is 22.3 Å². The number of fused-ring (bicyclic) bond motifs is 1. The standard InChI is InChI=1S/C16H17BrN2O/c17-12-6-4-11(5-7-12)10-19-15-3-1-2-14(18)13(15)8-9-16(19)20/h4-9,14H,1-3,10,18H2. The molecule has 1 unspecified atom stereocenters. The fourth-order valence-corrected chi connectivity index (χ4v) is 3.11. The number of hydrogen-bond acceptors (Lipinski definition) is 2. The van der Waals surface area contributed by atoms with Gasteiger partial charge in [0.05, 0.1) is 6.54 Å². The minimum Gasteiger partial charge on any atom is -0.324 e. The van der Waals surface area contributed by atoms with Gasteiger partial charge in [-0.05, 0) is 42.5 Å². The first-order valence-electron chi connectivity index (χ1n) is 6.88. The van der Waals surface area contributed by atoms with Gasteiger partial charge in [-0.15, -0.1) is 0 Å². The molecule has 2 aromatic rings. The van der Waals surface area contributed by atoms with E-state index in [1.165, 1.54) is 0 Å². The number of benzene rings is 1. The van der Waals surface area contributed by atoms with E-state index < -0.39 is 0 Å². The van der Waals surface area contributed by atoms with E-state index >= 15 is 0 Å². The number of hydrogen-bond donors (Lipinski definition) is 1. The maximum Gasteiger partial charge on any atom is 0.251 e. The second-order valence-electron chi connectivity index (χ2n) is 5.28. The van der Waals surface area contributed by atoms with E-state index in [2.05, 4.69) is 15.9 Å². The van der Waals surface area contributed by atoms with E-state index in [0.717, 1.165) is 40.6 Å². The Hall–Kier alpha value is -1.39. The third kappa shape index (κ3) is 2.58. The van der Waals surface area contributed by atoms with Crippen LogP contribution in [0.5, 0.6) is 0 Å². The zero-order valence-corrected chi connectivity index (χ0v) is 12.8. The van der Waals surface area contributed by atoms with E-state index in [9.17, 15) is 4.79 Å². The summed E-state index contributed by atoms with van der Waals surface area (Å²) >= 11 is 3.43. The summed E-state index contributed by atoms with van der Waals surface area (Å²) in [6.07, 6.45) is 3.00. The molecule has 104 valence electrons. The summed E-state index contributed by atoms with van der Waals surface area (Å²) in [4.78, 5) is 12.2. The first kappa shape index (κ1) is 13.6. The molecule has 2 N–H and O–H groups in total. The quantitative estimate of drug-likeness (QED) is 0.918. The molecule has 0 radical (unpaired) electrons. The third-order valence-corrected chi connectivity index (χ3v) is 4.44. The molecule has 1 aromatic carbocycles. The van der Waals surface area contributed by atoms with Crippen LogP contribution in [0.25, 0.3) is 0 Å². The van der Waals surface area contributed by atoms with Gasteiger partial charge in [0.15, 0.2) is 0 Å². The fraction of sp³-hybridized carbons (Fsp3) is 0.312. The van der Waals surface area contributed by atoms with E-state index in [4.69, 9.17) is 5.73 Å². The second-order valence-corrected chi connectivity index (χ2v) is 6.20. The van der Waals surface area contributed by atoms with Crippen LogP contribution in [0.2, 0.25) is 0 Å². The largest absolute Gasteiger partial charge is 0.324 e. The van der Waals surface area contributed by atoms with Crippen molar-refractivity contribution >= 4 is 15.9 Å². The van der Waals surface area contributed by atoms with Gasteiger partial charge in [-0.3, -0.25) is 4.79 Å². The first-order valence-corrected chi connectivity index (χ1v) is 7.67. The lowest BCUT2D eigenvalue weighted by atomic mass is 9.91. The van der Waals surface area contributed by atoms with Crippen LogP contribution in [0.3, 0.4) is 0 Å². The molecule has 0 bridgehead atoms. The van der Waals surface area contributed by atoms with Crippen molar-refractivity contribution in [2.75, 3.05) is 0 Å². The van der Waals surface area contributed by atoms with E-state index in [1.54, 1.807) is 6.07 Å². The van der Waals surface area contributed by atoms with Crippen molar-refractivity contribution < 1.29 is 0 Å². The van der Waals surface area contributed by atoms with Gasteiger partial charge in [-0.1, -0.05) is 34.1 Å². The topological polar surface area (TPSA) is 48.0 Å². The molecule has 3 rings (SSSR count). The highest BCUT2D eigenvalue weighted by atomic mass is 79.9. The molecule has 0 fully saturated rings. The number of rotatable bonds is 2. The summed E-state index contributed by atoms with van der Waals surface area (Å²) in [5.74, 6) is 0. The SMILES string of the molecule is NC1CCCc2c1ccc(=O)n2Cc1ccc(Br)cc1. The molecule has 0 saturated heterocycles. The smallest absolute Gasteiger partial charge is 0.251 e. The Kier molecular flexibility index (Phi) is 3.76. The molecule has 20 heavy (non-hydrogen) atoms. The van der Waals surface area contributed by atoms with Gasteiger partial charge in [-0.2, -0.15) is 0 Å². The van der Waals surface area contributed by atoms with Crippen molar-refractivity contribution in [3.8, 4) is 0 Å². The van der Waals surface area contributed by atoms with Gasteiger partial charge < -0.3 is 10.3 Å². The molecule has 1 aliphatic rings. The van der Waals surface area contributed by atoms with Crippen molar-refractivity contribution in [3.63, 3.8) is 0 Å². The van der Waals surface area contributed by atoms with Crippen LogP contribution in [-0.2, 0) is 13.0 Å². The third-order valence-electron chi connectivity index (χ3n) is 3.91. The lowest BCUT2D eigenvalue weighted by molar-refractivity contribution is 0.529. The maximum absolute atomic E-state index is 12.2. The predicted molar refractivity (Wildman–Crippen MR) is 83.8 cm³/mol. The highest BCUT2D eigenvalue weighted by Crippen LogP contribution is 2.27. The van der Waals surface area contributed by atoms with Crippen LogP contribution in [0.15, 0.2) is 45.7 Å². The van der Waals surface area contributed by atoms with Crippen LogP contribution in [0, 0.1) is 0 Å². The zero-order chi connectivity index (χ0) is 14.1. The van der Waals surface area contributed by atoms with E-state index in [-0.39, 0.29) is 11.6 Å². The van der Waals surface area contributed by atoms with Crippen LogP contribution in [-0.4, -0.2) is 4.57 Å². The fourth-order valence-electron chi connectivity index (χ4n) is 2.84. The number of nitrogens with two attached hydrogens (primary N) is 1. The molecule has 0 saturated carbocycles. The molecule has 1 atom stereocenters. The summed E-state index contributed by atoms with van der Waals surface area (Å²) in [7, 11) is 0. The number of aromatic nitrogens is 1. The van der Waals surface area contributed by atoms with Gasteiger partial charge in [0.1, 0.15) is 0 Å². The van der Waals surface area contributed by atoms with Crippen molar-refractivity contribution in [1.82, 2.24) is 4.57 Å². The summed E-state index contributed by atoms with van der Waals surface area (Å²) in [5, 5.41) is 0. The molecule has 3 nitrogen and oxygen atoms in total. The van der Waals surface area contributed by atoms with Crippen LogP contribution < -0.4 is 11.3 Å². The van der Waals surface area contributed by atoms with Crippen LogP contribution in [0.4, 0.5) is 0 Å². The Labute approximate surface area is 126 Å². The molecule has 1 aliphatic carbocycles. The van der Waals surface area contributed by atoms with Crippen molar-refractivity contribution in [2.45, 2.75) is 31.8 Å². The molecule has 1 aromatic heterocycles. The summed E-state index contributed by atoms with van der Waals surface area (Å²) < 4.78 is 2.92. The first-order chi connectivity index (χ1) is 9.65.